The number of aromatic nitrogens is 5. The zero-order valence-corrected chi connectivity index (χ0v) is 14.0. The maximum Gasteiger partial charge on any atom is 0.258 e. The summed E-state index contributed by atoms with van der Waals surface area (Å²) in [5, 5.41) is 22.1. The number of hydrogen-bond acceptors (Lipinski definition) is 6. The van der Waals surface area contributed by atoms with Crippen molar-refractivity contribution < 1.29 is 9.63 Å². The fourth-order valence-corrected chi connectivity index (χ4v) is 3.56. The number of nitrogens with zero attached hydrogens (tertiary/aromatic N) is 5. The zero-order valence-electron chi connectivity index (χ0n) is 14.0. The van der Waals surface area contributed by atoms with Crippen molar-refractivity contribution in [2.24, 2.45) is 0 Å². The fraction of sp³-hybridized carbons (Fsp3) is 0.263. The van der Waals surface area contributed by atoms with Gasteiger partial charge in [0, 0.05) is 11.1 Å². The number of aromatic hydroxyl groups is 1. The second-order valence-electron chi connectivity index (χ2n) is 6.65. The van der Waals surface area contributed by atoms with Gasteiger partial charge in [0.1, 0.15) is 11.3 Å². The molecule has 0 aliphatic heterocycles. The zero-order chi connectivity index (χ0) is 17.5. The van der Waals surface area contributed by atoms with Crippen molar-refractivity contribution in [1.29, 1.82) is 0 Å². The van der Waals surface area contributed by atoms with E-state index in [-0.39, 0.29) is 5.75 Å². The van der Waals surface area contributed by atoms with Gasteiger partial charge in [-0.2, -0.15) is 4.98 Å². The van der Waals surface area contributed by atoms with Gasteiger partial charge in [0.25, 0.3) is 5.89 Å². The molecule has 2 aromatic carbocycles. The average molecular weight is 347 g/mol. The average Bonchev–Trinajstić information content (AvgIpc) is 3.41. The molecule has 0 radical (unpaired) electrons. The molecule has 2 heterocycles. The molecule has 0 unspecified atom stereocenters. The third-order valence-electron chi connectivity index (χ3n) is 4.94. The molecule has 1 fully saturated rings. The first-order valence-electron chi connectivity index (χ1n) is 8.76. The highest BCUT2D eigenvalue weighted by molar-refractivity contribution is 5.80. The molecule has 1 aliphatic carbocycles. The van der Waals surface area contributed by atoms with Crippen LogP contribution in [-0.4, -0.2) is 30.2 Å². The van der Waals surface area contributed by atoms with Crippen LogP contribution in [0, 0.1) is 0 Å². The van der Waals surface area contributed by atoms with Crippen LogP contribution in [0.3, 0.4) is 0 Å². The van der Waals surface area contributed by atoms with E-state index in [1.54, 1.807) is 24.3 Å². The van der Waals surface area contributed by atoms with E-state index in [1.807, 2.05) is 22.9 Å². The Morgan fingerprint density at radius 3 is 2.58 bits per heavy atom. The number of hydrogen-bond donors (Lipinski definition) is 1. The Hall–Kier alpha value is -3.22. The number of rotatable bonds is 3. The fourth-order valence-electron chi connectivity index (χ4n) is 3.56. The van der Waals surface area contributed by atoms with Crippen molar-refractivity contribution in [3.05, 3.63) is 42.5 Å². The molecule has 26 heavy (non-hydrogen) atoms. The minimum Gasteiger partial charge on any atom is -0.508 e. The van der Waals surface area contributed by atoms with Crippen LogP contribution >= 0.6 is 0 Å². The Labute approximate surface area is 149 Å². The molecule has 2 aromatic heterocycles. The summed E-state index contributed by atoms with van der Waals surface area (Å²) in [6, 6.07) is 13.1. The Balaban J connectivity index is 1.48. The predicted molar refractivity (Wildman–Crippen MR) is 95.4 cm³/mol. The lowest BCUT2D eigenvalue weighted by atomic mass is 10.1. The summed E-state index contributed by atoms with van der Waals surface area (Å²) < 4.78 is 7.46. The van der Waals surface area contributed by atoms with E-state index >= 15 is 0 Å². The van der Waals surface area contributed by atoms with Gasteiger partial charge in [-0.15, -0.1) is 5.10 Å². The molecule has 4 aromatic rings. The summed E-state index contributed by atoms with van der Waals surface area (Å²) in [6.45, 7) is 0. The van der Waals surface area contributed by atoms with Gasteiger partial charge in [-0.1, -0.05) is 23.2 Å². The third kappa shape index (κ3) is 2.52. The lowest BCUT2D eigenvalue weighted by Crippen LogP contribution is -2.06. The first-order valence-corrected chi connectivity index (χ1v) is 8.76. The first kappa shape index (κ1) is 15.1. The number of phenols is 1. The van der Waals surface area contributed by atoms with Crippen LogP contribution in [-0.2, 0) is 0 Å². The summed E-state index contributed by atoms with van der Waals surface area (Å²) in [5.74, 6) is 1.12. The lowest BCUT2D eigenvalue weighted by molar-refractivity contribution is 0.432. The molecule has 5 rings (SSSR count). The normalized spacial score (nSPS) is 15.1. The minimum atomic E-state index is 0.202. The molecule has 0 saturated heterocycles. The molecule has 1 N–H and O–H groups in total. The van der Waals surface area contributed by atoms with Gasteiger partial charge in [0.05, 0.1) is 11.6 Å². The number of benzene rings is 2. The molecule has 7 heteroatoms. The van der Waals surface area contributed by atoms with Crippen LogP contribution in [0.15, 0.2) is 47.0 Å². The smallest absolute Gasteiger partial charge is 0.258 e. The Morgan fingerprint density at radius 1 is 1.00 bits per heavy atom. The van der Waals surface area contributed by atoms with E-state index in [0.29, 0.717) is 17.8 Å². The van der Waals surface area contributed by atoms with Gasteiger partial charge in [0.2, 0.25) is 5.82 Å². The van der Waals surface area contributed by atoms with Crippen molar-refractivity contribution in [2.75, 3.05) is 0 Å². The molecular weight excluding hydrogens is 330 g/mol. The second kappa shape index (κ2) is 5.94. The number of phenolic OH excluding ortho intramolecular Hbond substituents is 1. The standard InChI is InChI=1S/C19H17N5O2/c25-15-8-5-12(6-9-15)18-20-19(26-22-18)13-7-10-17-16(11-13)21-23-24(17)14-3-1-2-4-14/h5-11,14,25H,1-4H2. The van der Waals surface area contributed by atoms with E-state index in [0.717, 1.165) is 22.2 Å². The summed E-state index contributed by atoms with van der Waals surface area (Å²) in [5.41, 5.74) is 3.47. The van der Waals surface area contributed by atoms with Gasteiger partial charge in [0.15, 0.2) is 0 Å². The molecule has 0 amide bonds. The SMILES string of the molecule is Oc1ccc(-c2noc(-c3ccc4c(c3)nnn4C3CCCC3)n2)cc1. The Morgan fingerprint density at radius 2 is 1.77 bits per heavy atom. The molecule has 0 bridgehead atoms. The van der Waals surface area contributed by atoms with Crippen LogP contribution < -0.4 is 0 Å². The largest absolute Gasteiger partial charge is 0.508 e. The van der Waals surface area contributed by atoms with Crippen molar-refractivity contribution >= 4 is 11.0 Å². The maximum absolute atomic E-state index is 9.39. The highest BCUT2D eigenvalue weighted by Gasteiger charge is 2.20. The van der Waals surface area contributed by atoms with Crippen LogP contribution in [0.5, 0.6) is 5.75 Å². The van der Waals surface area contributed by atoms with Gasteiger partial charge in [-0.3, -0.25) is 0 Å². The van der Waals surface area contributed by atoms with Gasteiger partial charge in [-0.25, -0.2) is 4.68 Å². The first-order chi connectivity index (χ1) is 12.8. The van der Waals surface area contributed by atoms with E-state index in [2.05, 4.69) is 20.5 Å². The molecule has 0 spiro atoms. The van der Waals surface area contributed by atoms with Crippen LogP contribution in [0.1, 0.15) is 31.7 Å². The van der Waals surface area contributed by atoms with Crippen molar-refractivity contribution in [1.82, 2.24) is 25.1 Å². The van der Waals surface area contributed by atoms with Gasteiger partial charge in [-0.05, 0) is 55.3 Å². The van der Waals surface area contributed by atoms with E-state index < -0.39 is 0 Å². The maximum atomic E-state index is 9.39. The molecule has 0 atom stereocenters. The molecule has 1 saturated carbocycles. The second-order valence-corrected chi connectivity index (χ2v) is 6.65. The van der Waals surface area contributed by atoms with Gasteiger partial charge >= 0.3 is 0 Å². The molecular formula is C19H17N5O2. The summed E-state index contributed by atoms with van der Waals surface area (Å²) in [6.07, 6.45) is 4.85. The van der Waals surface area contributed by atoms with E-state index in [4.69, 9.17) is 4.52 Å². The third-order valence-corrected chi connectivity index (χ3v) is 4.94. The Kier molecular flexibility index (Phi) is 3.44. The van der Waals surface area contributed by atoms with Crippen molar-refractivity contribution in [2.45, 2.75) is 31.7 Å². The Bertz CT molecular complexity index is 1060. The highest BCUT2D eigenvalue weighted by atomic mass is 16.5. The predicted octanol–water partition coefficient (Wildman–Crippen LogP) is 3.97. The lowest BCUT2D eigenvalue weighted by Gasteiger charge is -2.09. The van der Waals surface area contributed by atoms with Gasteiger partial charge < -0.3 is 9.63 Å². The topological polar surface area (TPSA) is 89.9 Å². The molecule has 130 valence electrons. The van der Waals surface area contributed by atoms with Crippen molar-refractivity contribution in [3.8, 4) is 28.6 Å². The quantitative estimate of drug-likeness (QED) is 0.603. The summed E-state index contributed by atoms with van der Waals surface area (Å²) in [7, 11) is 0. The van der Waals surface area contributed by atoms with Crippen molar-refractivity contribution in [3.63, 3.8) is 0 Å². The van der Waals surface area contributed by atoms with Crippen LogP contribution in [0.4, 0.5) is 0 Å². The molecule has 1 aliphatic rings. The minimum absolute atomic E-state index is 0.202. The monoisotopic (exact) mass is 347 g/mol. The van der Waals surface area contributed by atoms with Crippen LogP contribution in [0.25, 0.3) is 33.9 Å². The van der Waals surface area contributed by atoms with Crippen LogP contribution in [0.2, 0.25) is 0 Å². The summed E-state index contributed by atoms with van der Waals surface area (Å²) >= 11 is 0. The molecule has 7 nitrogen and oxygen atoms in total. The highest BCUT2D eigenvalue weighted by Crippen LogP contribution is 2.32. The van der Waals surface area contributed by atoms with E-state index in [1.165, 1.54) is 25.7 Å². The number of fused-ring (bicyclic) bond motifs is 1. The van der Waals surface area contributed by atoms with E-state index in [9.17, 15) is 5.11 Å². The summed E-state index contributed by atoms with van der Waals surface area (Å²) in [4.78, 5) is 4.46.